The third-order valence-electron chi connectivity index (χ3n) is 12.4. The molecule has 0 radical (unpaired) electrons. The number of hydrogen-bond donors (Lipinski definition) is 0. The van der Waals surface area contributed by atoms with Crippen LogP contribution in [0.2, 0.25) is 0 Å². The molecule has 1 unspecified atom stereocenters. The normalized spacial score (nSPS) is 14.2. The number of para-hydroxylation sites is 1. The maximum atomic E-state index is 6.40. The average molecular weight is 756 g/mol. The summed E-state index contributed by atoms with van der Waals surface area (Å²) in [7, 11) is 0. The van der Waals surface area contributed by atoms with Crippen molar-refractivity contribution in [3.05, 3.63) is 204 Å². The van der Waals surface area contributed by atoms with Gasteiger partial charge >= 0.3 is 0 Å². The molecule has 2 aliphatic rings. The highest BCUT2D eigenvalue weighted by molar-refractivity contribution is 5.96. The summed E-state index contributed by atoms with van der Waals surface area (Å²) < 4.78 is 6.40. The number of ether oxygens (including phenoxy) is 1. The molecular weight excluding hydrogens is 719 g/mol. The predicted molar refractivity (Wildman–Crippen MR) is 240 cm³/mol. The van der Waals surface area contributed by atoms with Gasteiger partial charge in [0.1, 0.15) is 12.4 Å². The van der Waals surface area contributed by atoms with Gasteiger partial charge in [0.15, 0.2) is 17.5 Å². The highest BCUT2D eigenvalue weighted by Crippen LogP contribution is 2.48. The van der Waals surface area contributed by atoms with Crippen LogP contribution in [0.5, 0.6) is 5.75 Å². The van der Waals surface area contributed by atoms with Crippen LogP contribution in [0.1, 0.15) is 34.6 Å². The Bertz CT molecular complexity index is 3310. The van der Waals surface area contributed by atoms with Gasteiger partial charge in [-0.3, -0.25) is 0 Å². The van der Waals surface area contributed by atoms with Crippen molar-refractivity contribution in [2.75, 3.05) is 0 Å². The Labute approximate surface area is 342 Å². The summed E-state index contributed by atoms with van der Waals surface area (Å²) in [6.07, 6.45) is 1.88. The van der Waals surface area contributed by atoms with Crippen molar-refractivity contribution in [1.82, 2.24) is 15.0 Å². The van der Waals surface area contributed by atoms with Gasteiger partial charge in [-0.2, -0.15) is 0 Å². The fourth-order valence-corrected chi connectivity index (χ4v) is 9.55. The van der Waals surface area contributed by atoms with Crippen LogP contribution >= 0.6 is 0 Å². The first-order chi connectivity index (χ1) is 29.2. The summed E-state index contributed by atoms with van der Waals surface area (Å²) in [6.45, 7) is 0.470. The topological polar surface area (TPSA) is 47.9 Å². The van der Waals surface area contributed by atoms with E-state index < -0.39 is 0 Å². The number of hydrogen-bond acceptors (Lipinski definition) is 4. The summed E-state index contributed by atoms with van der Waals surface area (Å²) in [5.41, 5.74) is 12.9. The minimum atomic E-state index is 0.0684. The van der Waals surface area contributed by atoms with Gasteiger partial charge in [0, 0.05) is 28.2 Å². The number of benzene rings is 9. The largest absolute Gasteiger partial charge is 0.488 e. The lowest BCUT2D eigenvalue weighted by Gasteiger charge is -2.27. The van der Waals surface area contributed by atoms with Crippen molar-refractivity contribution in [2.45, 2.75) is 25.4 Å². The number of nitrogens with zero attached hydrogens (tertiary/aromatic N) is 3. The zero-order valence-corrected chi connectivity index (χ0v) is 32.3. The van der Waals surface area contributed by atoms with Crippen LogP contribution in [0.3, 0.4) is 0 Å². The van der Waals surface area contributed by atoms with E-state index in [0.717, 1.165) is 62.6 Å². The Morgan fingerprint density at radius 1 is 0.390 bits per heavy atom. The fraction of sp³-hybridized carbons (Fsp3) is 0.0727. The van der Waals surface area contributed by atoms with E-state index in [2.05, 4.69) is 182 Å². The molecule has 4 heteroatoms. The van der Waals surface area contributed by atoms with E-state index in [-0.39, 0.29) is 5.92 Å². The number of aryl methyl sites for hydroxylation is 1. The van der Waals surface area contributed by atoms with Crippen LogP contribution in [0.25, 0.3) is 88.7 Å². The third-order valence-corrected chi connectivity index (χ3v) is 12.4. The first-order valence-corrected chi connectivity index (χ1v) is 20.5. The molecule has 0 saturated heterocycles. The van der Waals surface area contributed by atoms with Crippen LogP contribution in [-0.4, -0.2) is 15.0 Å². The SMILES string of the molecule is c1ccc2c(c1)OCc1cc(-c3nc(-c4ccc5ccccc5c4)nc(-c4cccc5ccccc45)n3)c(C3CCc4cc5ccccc5cc4-c4ccccc43)cc1-2. The van der Waals surface area contributed by atoms with Crippen LogP contribution < -0.4 is 4.74 Å². The van der Waals surface area contributed by atoms with Gasteiger partial charge in [-0.05, 0) is 114 Å². The molecule has 0 amide bonds. The van der Waals surface area contributed by atoms with Crippen molar-refractivity contribution in [1.29, 1.82) is 0 Å². The molecule has 59 heavy (non-hydrogen) atoms. The standard InChI is InChI=1S/C55H37N3O/c1-2-14-36-29-40(25-24-34(36)12-1)53-56-54(47-22-11-17-35-13-5-6-18-42(35)47)58-55(57-53)51-31-41-33-59-52-23-10-9-21-46(52)49(41)32-50(51)45-27-26-39-28-37-15-3-4-16-38(37)30-48(39)44-20-8-7-19-43(44)45/h1-25,28-32,45H,26-27,33H2. The van der Waals surface area contributed by atoms with Gasteiger partial charge < -0.3 is 4.74 Å². The van der Waals surface area contributed by atoms with Crippen molar-refractivity contribution in [3.63, 3.8) is 0 Å². The van der Waals surface area contributed by atoms with E-state index in [1.807, 2.05) is 0 Å². The predicted octanol–water partition coefficient (Wildman–Crippen LogP) is 13.6. The smallest absolute Gasteiger partial charge is 0.164 e. The number of aromatic nitrogens is 3. The Kier molecular flexibility index (Phi) is 7.77. The van der Waals surface area contributed by atoms with Gasteiger partial charge in [0.05, 0.1) is 0 Å². The Hall–Kier alpha value is -7.43. The molecule has 4 nitrogen and oxygen atoms in total. The quantitative estimate of drug-likeness (QED) is 0.179. The molecule has 1 aliphatic carbocycles. The van der Waals surface area contributed by atoms with Gasteiger partial charge in [0.25, 0.3) is 0 Å². The number of rotatable bonds is 4. The highest BCUT2D eigenvalue weighted by Gasteiger charge is 2.30. The molecule has 278 valence electrons. The molecule has 0 saturated carbocycles. The molecule has 2 heterocycles. The molecule has 0 bridgehead atoms. The minimum Gasteiger partial charge on any atom is -0.488 e. The molecule has 1 aliphatic heterocycles. The second kappa shape index (κ2) is 13.6. The highest BCUT2D eigenvalue weighted by atomic mass is 16.5. The summed E-state index contributed by atoms with van der Waals surface area (Å²) in [4.78, 5) is 16.2. The van der Waals surface area contributed by atoms with E-state index in [0.29, 0.717) is 24.1 Å². The Balaban J connectivity index is 1.12. The van der Waals surface area contributed by atoms with Crippen molar-refractivity contribution in [3.8, 4) is 62.2 Å². The maximum Gasteiger partial charge on any atom is 0.164 e. The molecule has 0 fully saturated rings. The molecule has 1 aromatic heterocycles. The van der Waals surface area contributed by atoms with Gasteiger partial charge in [-0.25, -0.2) is 15.0 Å². The van der Waals surface area contributed by atoms with Crippen LogP contribution in [-0.2, 0) is 13.0 Å². The molecule has 1 atom stereocenters. The summed E-state index contributed by atoms with van der Waals surface area (Å²) in [6, 6.07) is 65.5. The van der Waals surface area contributed by atoms with Crippen LogP contribution in [0.15, 0.2) is 182 Å². The Morgan fingerprint density at radius 3 is 1.88 bits per heavy atom. The molecular formula is C55H37N3O. The summed E-state index contributed by atoms with van der Waals surface area (Å²) in [5.74, 6) is 2.94. The first kappa shape index (κ1) is 33.7. The van der Waals surface area contributed by atoms with Gasteiger partial charge in [0.2, 0.25) is 0 Å². The zero-order valence-electron chi connectivity index (χ0n) is 32.3. The fourth-order valence-electron chi connectivity index (χ4n) is 9.55. The second-order valence-electron chi connectivity index (χ2n) is 15.8. The van der Waals surface area contributed by atoms with E-state index in [1.54, 1.807) is 0 Å². The summed E-state index contributed by atoms with van der Waals surface area (Å²) >= 11 is 0. The van der Waals surface area contributed by atoms with Crippen molar-refractivity contribution in [2.24, 2.45) is 0 Å². The van der Waals surface area contributed by atoms with Crippen LogP contribution in [0, 0.1) is 0 Å². The van der Waals surface area contributed by atoms with E-state index in [9.17, 15) is 0 Å². The van der Waals surface area contributed by atoms with Gasteiger partial charge in [-0.1, -0.05) is 152 Å². The van der Waals surface area contributed by atoms with Gasteiger partial charge in [-0.15, -0.1) is 0 Å². The van der Waals surface area contributed by atoms with E-state index in [1.165, 1.54) is 49.5 Å². The average Bonchev–Trinajstić information content (AvgIpc) is 3.46. The van der Waals surface area contributed by atoms with E-state index >= 15 is 0 Å². The lowest BCUT2D eigenvalue weighted by atomic mass is 9.80. The minimum absolute atomic E-state index is 0.0684. The lowest BCUT2D eigenvalue weighted by Crippen LogP contribution is -2.11. The molecule has 9 aromatic carbocycles. The van der Waals surface area contributed by atoms with E-state index in [4.69, 9.17) is 19.7 Å². The lowest BCUT2D eigenvalue weighted by molar-refractivity contribution is 0.302. The second-order valence-corrected chi connectivity index (χ2v) is 15.8. The molecule has 12 rings (SSSR count). The molecule has 0 N–H and O–H groups in total. The maximum absolute atomic E-state index is 6.40. The first-order valence-electron chi connectivity index (χ1n) is 20.5. The number of fused-ring (bicyclic) bond motifs is 9. The molecule has 10 aromatic rings. The molecule has 0 spiro atoms. The monoisotopic (exact) mass is 755 g/mol. The Morgan fingerprint density at radius 2 is 1.02 bits per heavy atom. The van der Waals surface area contributed by atoms with Crippen molar-refractivity contribution < 1.29 is 4.74 Å². The van der Waals surface area contributed by atoms with Crippen LogP contribution in [0.4, 0.5) is 0 Å². The third kappa shape index (κ3) is 5.71. The summed E-state index contributed by atoms with van der Waals surface area (Å²) in [5, 5.41) is 7.12. The van der Waals surface area contributed by atoms with Crippen molar-refractivity contribution >= 4 is 32.3 Å². The zero-order chi connectivity index (χ0) is 38.9.